The molecule has 1 amide bonds. The van der Waals surface area contributed by atoms with Crippen molar-refractivity contribution in [3.05, 3.63) is 0 Å². The average molecular weight is 300 g/mol. The highest BCUT2D eigenvalue weighted by molar-refractivity contribution is 5.83. The van der Waals surface area contributed by atoms with Gasteiger partial charge in [-0.25, -0.2) is 4.79 Å². The van der Waals surface area contributed by atoms with E-state index in [1.807, 2.05) is 0 Å². The molecule has 0 aromatic rings. The molecule has 0 bridgehead atoms. The summed E-state index contributed by atoms with van der Waals surface area (Å²) in [5.41, 5.74) is 0. The first kappa shape index (κ1) is 19.9. The van der Waals surface area contributed by atoms with Crippen LogP contribution in [0.15, 0.2) is 0 Å². The van der Waals surface area contributed by atoms with E-state index in [0.717, 1.165) is 13.0 Å². The fraction of sp³-hybridized carbons (Fsp3) is 0.875. The van der Waals surface area contributed by atoms with Crippen molar-refractivity contribution in [2.45, 2.75) is 71.3 Å². The quantitative estimate of drug-likeness (QED) is 0.405. The minimum Gasteiger partial charge on any atom is -0.467 e. The smallest absolute Gasteiger partial charge is 0.329 e. The first-order chi connectivity index (χ1) is 10.1. The number of methoxy groups -OCH3 is 1. The Balaban J connectivity index is 3.53. The van der Waals surface area contributed by atoms with Crippen LogP contribution >= 0.6 is 0 Å². The molecule has 124 valence electrons. The first-order valence-electron chi connectivity index (χ1n) is 8.17. The molecule has 1 unspecified atom stereocenters. The molecule has 0 fully saturated rings. The van der Waals surface area contributed by atoms with Gasteiger partial charge in [-0.15, -0.1) is 0 Å². The highest BCUT2D eigenvalue weighted by atomic mass is 16.5. The van der Waals surface area contributed by atoms with Crippen molar-refractivity contribution in [2.24, 2.45) is 0 Å². The third-order valence-corrected chi connectivity index (χ3v) is 3.42. The van der Waals surface area contributed by atoms with Crippen molar-refractivity contribution in [1.82, 2.24) is 10.6 Å². The molecular formula is C16H32N2O3. The van der Waals surface area contributed by atoms with Crippen molar-refractivity contribution in [1.29, 1.82) is 0 Å². The Morgan fingerprint density at radius 2 is 1.57 bits per heavy atom. The lowest BCUT2D eigenvalue weighted by atomic mass is 10.1. The van der Waals surface area contributed by atoms with Crippen LogP contribution in [0.3, 0.4) is 0 Å². The molecule has 0 radical (unpaired) electrons. The van der Waals surface area contributed by atoms with Gasteiger partial charge in [0.15, 0.2) is 0 Å². The van der Waals surface area contributed by atoms with Gasteiger partial charge in [0.05, 0.1) is 7.11 Å². The van der Waals surface area contributed by atoms with Crippen LogP contribution in [-0.4, -0.2) is 38.1 Å². The number of unbranched alkanes of at least 4 members (excludes halogenated alkanes) is 7. The second-order valence-electron chi connectivity index (χ2n) is 5.46. The van der Waals surface area contributed by atoms with E-state index in [1.54, 1.807) is 0 Å². The van der Waals surface area contributed by atoms with Crippen molar-refractivity contribution in [3.8, 4) is 0 Å². The fourth-order valence-electron chi connectivity index (χ4n) is 2.21. The lowest BCUT2D eigenvalue weighted by molar-refractivity contribution is -0.144. The van der Waals surface area contributed by atoms with Crippen LogP contribution in [-0.2, 0) is 14.3 Å². The predicted molar refractivity (Wildman–Crippen MR) is 85.1 cm³/mol. The summed E-state index contributed by atoms with van der Waals surface area (Å²) >= 11 is 0. The van der Waals surface area contributed by atoms with E-state index >= 15 is 0 Å². The van der Waals surface area contributed by atoms with Gasteiger partial charge in [-0.05, 0) is 13.0 Å². The van der Waals surface area contributed by atoms with Crippen LogP contribution < -0.4 is 10.6 Å². The number of ether oxygens (including phenoxy) is 1. The number of rotatable bonds is 13. The Bertz CT molecular complexity index is 283. The standard InChI is InChI=1S/C16H32N2O3/c1-4-5-6-7-8-9-10-11-12-17-13-15(16(20)21-3)18-14(2)19/h15,17H,4-13H2,1-3H3,(H,18,19). The van der Waals surface area contributed by atoms with Gasteiger partial charge in [0.2, 0.25) is 5.91 Å². The Morgan fingerprint density at radius 3 is 2.10 bits per heavy atom. The SMILES string of the molecule is CCCCCCCCCCNCC(NC(C)=O)C(=O)OC. The molecule has 2 N–H and O–H groups in total. The van der Waals surface area contributed by atoms with Gasteiger partial charge in [-0.3, -0.25) is 4.79 Å². The number of esters is 1. The Kier molecular flexibility index (Phi) is 13.1. The maximum Gasteiger partial charge on any atom is 0.329 e. The Labute approximate surface area is 129 Å². The summed E-state index contributed by atoms with van der Waals surface area (Å²) in [6.07, 6.45) is 10.2. The van der Waals surface area contributed by atoms with Crippen molar-refractivity contribution in [2.75, 3.05) is 20.2 Å². The van der Waals surface area contributed by atoms with Gasteiger partial charge in [0.25, 0.3) is 0 Å². The summed E-state index contributed by atoms with van der Waals surface area (Å²) in [5, 5.41) is 5.79. The summed E-state index contributed by atoms with van der Waals surface area (Å²) in [6, 6.07) is -0.596. The van der Waals surface area contributed by atoms with Crippen LogP contribution in [0.4, 0.5) is 0 Å². The normalized spacial score (nSPS) is 12.0. The summed E-state index contributed by atoms with van der Waals surface area (Å²) in [5.74, 6) is -0.632. The van der Waals surface area contributed by atoms with Gasteiger partial charge in [-0.1, -0.05) is 51.9 Å². The van der Waals surface area contributed by atoms with E-state index in [0.29, 0.717) is 6.54 Å². The fourth-order valence-corrected chi connectivity index (χ4v) is 2.21. The highest BCUT2D eigenvalue weighted by Gasteiger charge is 2.19. The third kappa shape index (κ3) is 12.4. The lowest BCUT2D eigenvalue weighted by Gasteiger charge is -2.16. The zero-order valence-electron chi connectivity index (χ0n) is 13.9. The molecule has 5 heteroatoms. The van der Waals surface area contributed by atoms with Gasteiger partial charge < -0.3 is 15.4 Å². The van der Waals surface area contributed by atoms with E-state index in [1.165, 1.54) is 59.0 Å². The van der Waals surface area contributed by atoms with Crippen molar-refractivity contribution >= 4 is 11.9 Å². The molecule has 0 saturated heterocycles. The number of carbonyl (C=O) groups is 2. The molecular weight excluding hydrogens is 268 g/mol. The summed E-state index contributed by atoms with van der Waals surface area (Å²) in [6.45, 7) is 4.91. The minimum atomic E-state index is -0.596. The monoisotopic (exact) mass is 300 g/mol. The molecule has 0 aromatic carbocycles. The van der Waals surface area contributed by atoms with Gasteiger partial charge in [0, 0.05) is 13.5 Å². The summed E-state index contributed by atoms with van der Waals surface area (Å²) < 4.78 is 4.66. The molecule has 0 aliphatic carbocycles. The van der Waals surface area contributed by atoms with Crippen LogP contribution in [0.1, 0.15) is 65.2 Å². The molecule has 5 nitrogen and oxygen atoms in total. The van der Waals surface area contributed by atoms with Crippen LogP contribution in [0, 0.1) is 0 Å². The van der Waals surface area contributed by atoms with Gasteiger partial charge in [0.1, 0.15) is 6.04 Å². The molecule has 1 atom stereocenters. The zero-order chi connectivity index (χ0) is 15.9. The molecule has 0 aromatic heterocycles. The summed E-state index contributed by atoms with van der Waals surface area (Å²) in [7, 11) is 1.33. The topological polar surface area (TPSA) is 67.4 Å². The van der Waals surface area contributed by atoms with E-state index in [9.17, 15) is 9.59 Å². The second-order valence-corrected chi connectivity index (χ2v) is 5.46. The average Bonchev–Trinajstić information content (AvgIpc) is 2.46. The van der Waals surface area contributed by atoms with E-state index in [2.05, 4.69) is 22.3 Å². The number of amides is 1. The number of nitrogens with one attached hydrogen (secondary N) is 2. The van der Waals surface area contributed by atoms with E-state index in [-0.39, 0.29) is 5.91 Å². The molecule has 0 saturated carbocycles. The Hall–Kier alpha value is -1.10. The lowest BCUT2D eigenvalue weighted by Crippen LogP contribution is -2.47. The van der Waals surface area contributed by atoms with E-state index in [4.69, 9.17) is 0 Å². The van der Waals surface area contributed by atoms with Crippen LogP contribution in [0.5, 0.6) is 0 Å². The first-order valence-corrected chi connectivity index (χ1v) is 8.17. The zero-order valence-corrected chi connectivity index (χ0v) is 13.9. The van der Waals surface area contributed by atoms with Crippen molar-refractivity contribution < 1.29 is 14.3 Å². The van der Waals surface area contributed by atoms with Crippen LogP contribution in [0.25, 0.3) is 0 Å². The number of carbonyl (C=O) groups excluding carboxylic acids is 2. The Morgan fingerprint density at radius 1 is 1.00 bits per heavy atom. The minimum absolute atomic E-state index is 0.223. The molecule has 0 aliphatic heterocycles. The predicted octanol–water partition coefficient (Wildman–Crippen LogP) is 2.39. The summed E-state index contributed by atoms with van der Waals surface area (Å²) in [4.78, 5) is 22.5. The number of hydrogen-bond donors (Lipinski definition) is 2. The highest BCUT2D eigenvalue weighted by Crippen LogP contribution is 2.07. The van der Waals surface area contributed by atoms with E-state index < -0.39 is 12.0 Å². The number of hydrogen-bond acceptors (Lipinski definition) is 4. The van der Waals surface area contributed by atoms with Crippen molar-refractivity contribution in [3.63, 3.8) is 0 Å². The third-order valence-electron chi connectivity index (χ3n) is 3.42. The molecule has 0 spiro atoms. The maximum absolute atomic E-state index is 11.5. The molecule has 0 rings (SSSR count). The maximum atomic E-state index is 11.5. The largest absolute Gasteiger partial charge is 0.467 e. The van der Waals surface area contributed by atoms with Gasteiger partial charge >= 0.3 is 5.97 Å². The second kappa shape index (κ2) is 13.9. The molecule has 0 heterocycles. The molecule has 0 aliphatic rings. The van der Waals surface area contributed by atoms with Gasteiger partial charge in [-0.2, -0.15) is 0 Å². The molecule has 21 heavy (non-hydrogen) atoms. The van der Waals surface area contributed by atoms with Crippen LogP contribution in [0.2, 0.25) is 0 Å².